The Balaban J connectivity index is 2.39. The van der Waals surface area contributed by atoms with Crippen molar-refractivity contribution in [1.29, 1.82) is 5.26 Å². The highest BCUT2D eigenvalue weighted by Crippen LogP contribution is 2.26. The SMILES string of the molecule is CN(CCC#N)C(=O)c1cc(S(=O)(=O)N(C)c2ccccc2)ccc1Cl. The van der Waals surface area contributed by atoms with Gasteiger partial charge in [-0.2, -0.15) is 5.26 Å². The van der Waals surface area contributed by atoms with Crippen LogP contribution in [0.5, 0.6) is 0 Å². The van der Waals surface area contributed by atoms with Crippen LogP contribution < -0.4 is 4.31 Å². The number of amides is 1. The Morgan fingerprint density at radius 3 is 2.42 bits per heavy atom. The molecule has 0 spiro atoms. The number of nitrogens with zero attached hydrogens (tertiary/aromatic N) is 3. The normalized spacial score (nSPS) is 10.8. The van der Waals surface area contributed by atoms with E-state index in [0.29, 0.717) is 5.69 Å². The minimum Gasteiger partial charge on any atom is -0.341 e. The number of nitriles is 1. The molecule has 0 saturated heterocycles. The lowest BCUT2D eigenvalue weighted by Crippen LogP contribution is -2.29. The summed E-state index contributed by atoms with van der Waals surface area (Å²) in [7, 11) is -0.877. The standard InChI is InChI=1S/C18H18ClN3O3S/c1-21(12-6-11-20)18(23)16-13-15(9-10-17(16)19)26(24,25)22(2)14-7-4-3-5-8-14/h3-5,7-10,13H,6,12H2,1-2H3. The average molecular weight is 392 g/mol. The molecular formula is C18H18ClN3O3S. The molecule has 0 N–H and O–H groups in total. The Hall–Kier alpha value is -2.56. The first-order valence-electron chi connectivity index (χ1n) is 7.75. The van der Waals surface area contributed by atoms with Gasteiger partial charge in [0.25, 0.3) is 15.9 Å². The van der Waals surface area contributed by atoms with E-state index in [4.69, 9.17) is 16.9 Å². The fourth-order valence-corrected chi connectivity index (χ4v) is 3.71. The van der Waals surface area contributed by atoms with Gasteiger partial charge in [-0.25, -0.2) is 8.42 Å². The smallest absolute Gasteiger partial charge is 0.264 e. The molecule has 0 fully saturated rings. The third kappa shape index (κ3) is 4.15. The number of para-hydroxylation sites is 1. The minimum atomic E-state index is -3.86. The summed E-state index contributed by atoms with van der Waals surface area (Å²) < 4.78 is 26.9. The van der Waals surface area contributed by atoms with Crippen molar-refractivity contribution in [2.24, 2.45) is 0 Å². The molecule has 0 radical (unpaired) electrons. The lowest BCUT2D eigenvalue weighted by Gasteiger charge is -2.21. The Kier molecular flexibility index (Phi) is 6.24. The van der Waals surface area contributed by atoms with Crippen molar-refractivity contribution in [3.05, 3.63) is 59.1 Å². The molecule has 26 heavy (non-hydrogen) atoms. The highest BCUT2D eigenvalue weighted by Gasteiger charge is 2.24. The lowest BCUT2D eigenvalue weighted by molar-refractivity contribution is 0.0798. The van der Waals surface area contributed by atoms with Gasteiger partial charge in [0.1, 0.15) is 0 Å². The number of carbonyl (C=O) groups is 1. The predicted octanol–water partition coefficient (Wildman–Crippen LogP) is 3.15. The molecule has 0 atom stereocenters. The Morgan fingerprint density at radius 2 is 1.81 bits per heavy atom. The van der Waals surface area contributed by atoms with E-state index >= 15 is 0 Å². The molecule has 6 nitrogen and oxygen atoms in total. The van der Waals surface area contributed by atoms with Crippen LogP contribution in [0.1, 0.15) is 16.8 Å². The van der Waals surface area contributed by atoms with Gasteiger partial charge in [-0.3, -0.25) is 9.10 Å². The van der Waals surface area contributed by atoms with Gasteiger partial charge in [0.2, 0.25) is 0 Å². The van der Waals surface area contributed by atoms with Crippen molar-refractivity contribution in [3.8, 4) is 6.07 Å². The fourth-order valence-electron chi connectivity index (χ4n) is 2.29. The van der Waals surface area contributed by atoms with Crippen molar-refractivity contribution >= 4 is 33.2 Å². The van der Waals surface area contributed by atoms with E-state index in [-0.39, 0.29) is 28.4 Å². The Labute approximate surface area is 158 Å². The molecule has 8 heteroatoms. The highest BCUT2D eigenvalue weighted by molar-refractivity contribution is 7.92. The van der Waals surface area contributed by atoms with Gasteiger partial charge >= 0.3 is 0 Å². The van der Waals surface area contributed by atoms with Crippen molar-refractivity contribution in [1.82, 2.24) is 4.90 Å². The third-order valence-corrected chi connectivity index (χ3v) is 5.96. The number of hydrogen-bond acceptors (Lipinski definition) is 4. The van der Waals surface area contributed by atoms with Crippen molar-refractivity contribution < 1.29 is 13.2 Å². The minimum absolute atomic E-state index is 0.0368. The number of sulfonamides is 1. The second-order valence-corrected chi connectivity index (χ2v) is 7.96. The van der Waals surface area contributed by atoms with E-state index in [1.807, 2.05) is 6.07 Å². The van der Waals surface area contributed by atoms with Crippen molar-refractivity contribution in [2.45, 2.75) is 11.3 Å². The number of benzene rings is 2. The molecule has 136 valence electrons. The molecule has 0 aromatic heterocycles. The molecule has 2 aromatic rings. The second kappa shape index (κ2) is 8.21. The van der Waals surface area contributed by atoms with Crippen LogP contribution >= 0.6 is 11.6 Å². The van der Waals surface area contributed by atoms with Crippen LogP contribution in [0.25, 0.3) is 0 Å². The average Bonchev–Trinajstić information content (AvgIpc) is 2.65. The second-order valence-electron chi connectivity index (χ2n) is 5.58. The Morgan fingerprint density at radius 1 is 1.15 bits per heavy atom. The van der Waals surface area contributed by atoms with Gasteiger partial charge in [-0.15, -0.1) is 0 Å². The van der Waals surface area contributed by atoms with Crippen LogP contribution in [0.15, 0.2) is 53.4 Å². The zero-order chi connectivity index (χ0) is 19.3. The summed E-state index contributed by atoms with van der Waals surface area (Å²) in [6, 6.07) is 14.6. The van der Waals surface area contributed by atoms with Gasteiger partial charge in [0.15, 0.2) is 0 Å². The molecule has 0 aliphatic rings. The van der Waals surface area contributed by atoms with Crippen molar-refractivity contribution in [2.75, 3.05) is 24.9 Å². The number of halogens is 1. The molecule has 0 unspecified atom stereocenters. The maximum Gasteiger partial charge on any atom is 0.264 e. The first-order valence-corrected chi connectivity index (χ1v) is 9.56. The monoisotopic (exact) mass is 391 g/mol. The van der Waals surface area contributed by atoms with Gasteiger partial charge in [0, 0.05) is 20.6 Å². The summed E-state index contributed by atoms with van der Waals surface area (Å²) in [6.07, 6.45) is 0.175. The number of anilines is 1. The molecule has 0 saturated carbocycles. The molecule has 0 bridgehead atoms. The van der Waals surface area contributed by atoms with E-state index in [9.17, 15) is 13.2 Å². The fraction of sp³-hybridized carbons (Fsp3) is 0.222. The maximum absolute atomic E-state index is 12.9. The van der Waals surface area contributed by atoms with Gasteiger partial charge in [-0.1, -0.05) is 29.8 Å². The molecule has 0 aliphatic heterocycles. The van der Waals surface area contributed by atoms with Gasteiger partial charge in [0.05, 0.1) is 33.7 Å². The summed E-state index contributed by atoms with van der Waals surface area (Å²) >= 11 is 6.09. The predicted molar refractivity (Wildman–Crippen MR) is 101 cm³/mol. The zero-order valence-electron chi connectivity index (χ0n) is 14.4. The van der Waals surface area contributed by atoms with Crippen LogP contribution in [-0.4, -0.2) is 39.9 Å². The van der Waals surface area contributed by atoms with E-state index in [1.165, 1.54) is 37.2 Å². The van der Waals surface area contributed by atoms with E-state index < -0.39 is 15.9 Å². The topological polar surface area (TPSA) is 81.5 Å². The van der Waals surface area contributed by atoms with Crippen LogP contribution in [0.2, 0.25) is 5.02 Å². The largest absolute Gasteiger partial charge is 0.341 e. The summed E-state index contributed by atoms with van der Waals surface area (Å²) in [5.41, 5.74) is 0.580. The highest BCUT2D eigenvalue weighted by atomic mass is 35.5. The molecular weight excluding hydrogens is 374 g/mol. The molecule has 1 amide bonds. The summed E-state index contributed by atoms with van der Waals surface area (Å²) in [5.74, 6) is -0.440. The number of hydrogen-bond donors (Lipinski definition) is 0. The van der Waals surface area contributed by atoms with Crippen LogP contribution in [0.4, 0.5) is 5.69 Å². The molecule has 0 aliphatic carbocycles. The Bertz CT molecular complexity index is 940. The number of rotatable bonds is 6. The van der Waals surface area contributed by atoms with Crippen LogP contribution in [-0.2, 0) is 10.0 Å². The molecule has 2 aromatic carbocycles. The summed E-state index contributed by atoms with van der Waals surface area (Å²) in [5, 5.41) is 8.80. The van der Waals surface area contributed by atoms with Gasteiger partial charge in [-0.05, 0) is 30.3 Å². The molecule has 2 rings (SSSR count). The van der Waals surface area contributed by atoms with E-state index in [0.717, 1.165) is 4.31 Å². The van der Waals surface area contributed by atoms with Crippen LogP contribution in [0.3, 0.4) is 0 Å². The summed E-state index contributed by atoms with van der Waals surface area (Å²) in [6.45, 7) is 0.229. The maximum atomic E-state index is 12.9. The molecule has 0 heterocycles. The van der Waals surface area contributed by atoms with Crippen molar-refractivity contribution in [3.63, 3.8) is 0 Å². The zero-order valence-corrected chi connectivity index (χ0v) is 16.0. The van der Waals surface area contributed by atoms with E-state index in [1.54, 1.807) is 30.3 Å². The lowest BCUT2D eigenvalue weighted by atomic mass is 10.2. The van der Waals surface area contributed by atoms with Gasteiger partial charge < -0.3 is 4.90 Å². The third-order valence-electron chi connectivity index (χ3n) is 3.85. The number of carbonyl (C=O) groups excluding carboxylic acids is 1. The van der Waals surface area contributed by atoms with E-state index in [2.05, 4.69) is 0 Å². The quantitative estimate of drug-likeness (QED) is 0.757. The first-order chi connectivity index (χ1) is 12.3. The summed E-state index contributed by atoms with van der Waals surface area (Å²) in [4.78, 5) is 13.8. The first kappa shape index (κ1) is 19.8. The van der Waals surface area contributed by atoms with Crippen LogP contribution in [0, 0.1) is 11.3 Å².